The maximum atomic E-state index is 13.6. The number of ether oxygens (including phenoxy) is 1. The number of nitrogens with zero attached hydrogens (tertiary/aromatic N) is 3. The number of aromatic nitrogens is 3. The molecule has 0 aliphatic carbocycles. The smallest absolute Gasteiger partial charge is 0.257 e. The summed E-state index contributed by atoms with van der Waals surface area (Å²) in [6.45, 7) is 4.01. The number of rotatable bonds is 1. The Bertz CT molecular complexity index is 975. The van der Waals surface area contributed by atoms with Crippen LogP contribution in [0.3, 0.4) is 0 Å². The summed E-state index contributed by atoms with van der Waals surface area (Å²) in [5, 5.41) is 19.4. The molecule has 1 amide bonds. The molecule has 0 spiro atoms. The van der Waals surface area contributed by atoms with Crippen LogP contribution >= 0.6 is 0 Å². The van der Waals surface area contributed by atoms with Gasteiger partial charge >= 0.3 is 0 Å². The SMILES string of the molecule is CC.O=C1N[C@H](CO)COc2ccc(F)cc2CNc2ccn3ncc1c3n2. The second kappa shape index (κ2) is 8.66. The number of aliphatic hydroxyl groups excluding tert-OH is 1. The van der Waals surface area contributed by atoms with Gasteiger partial charge < -0.3 is 20.5 Å². The number of benzene rings is 1. The second-order valence-corrected chi connectivity index (χ2v) is 5.91. The number of anilines is 1. The van der Waals surface area contributed by atoms with E-state index in [9.17, 15) is 14.3 Å². The van der Waals surface area contributed by atoms with Gasteiger partial charge in [0.25, 0.3) is 5.91 Å². The molecule has 1 aliphatic heterocycles. The van der Waals surface area contributed by atoms with E-state index in [0.29, 0.717) is 22.8 Å². The topological polar surface area (TPSA) is 101 Å². The van der Waals surface area contributed by atoms with Crippen LogP contribution in [-0.4, -0.2) is 44.9 Å². The molecular formula is C19H22FN5O3. The summed E-state index contributed by atoms with van der Waals surface area (Å²) in [4.78, 5) is 16.9. The molecule has 3 heterocycles. The average molecular weight is 387 g/mol. The lowest BCUT2D eigenvalue weighted by Gasteiger charge is -2.18. The van der Waals surface area contributed by atoms with Crippen molar-refractivity contribution in [3.05, 3.63) is 53.6 Å². The number of aliphatic hydroxyl groups is 1. The summed E-state index contributed by atoms with van der Waals surface area (Å²) < 4.78 is 20.8. The summed E-state index contributed by atoms with van der Waals surface area (Å²) in [5.74, 6) is 0.188. The van der Waals surface area contributed by atoms with Gasteiger partial charge in [0.15, 0.2) is 5.65 Å². The summed E-state index contributed by atoms with van der Waals surface area (Å²) in [6.07, 6.45) is 3.09. The van der Waals surface area contributed by atoms with Gasteiger partial charge in [-0.2, -0.15) is 5.10 Å². The zero-order valence-corrected chi connectivity index (χ0v) is 15.6. The lowest BCUT2D eigenvalue weighted by atomic mass is 10.2. The molecule has 0 unspecified atom stereocenters. The fourth-order valence-corrected chi connectivity index (χ4v) is 2.73. The molecule has 28 heavy (non-hydrogen) atoms. The van der Waals surface area contributed by atoms with Gasteiger partial charge in [-0.25, -0.2) is 13.9 Å². The summed E-state index contributed by atoms with van der Waals surface area (Å²) in [7, 11) is 0. The fraction of sp³-hybridized carbons (Fsp3) is 0.316. The van der Waals surface area contributed by atoms with Crippen molar-refractivity contribution < 1.29 is 19.0 Å². The summed E-state index contributed by atoms with van der Waals surface area (Å²) >= 11 is 0. The Morgan fingerprint density at radius 2 is 2.18 bits per heavy atom. The third kappa shape index (κ3) is 4.04. The highest BCUT2D eigenvalue weighted by Crippen LogP contribution is 2.22. The van der Waals surface area contributed by atoms with Crippen molar-refractivity contribution >= 4 is 17.4 Å². The number of halogens is 1. The first-order valence-corrected chi connectivity index (χ1v) is 9.05. The molecule has 9 heteroatoms. The molecule has 1 atom stereocenters. The number of hydrogen-bond acceptors (Lipinski definition) is 6. The number of carbonyl (C=O) groups excluding carboxylic acids is 1. The molecule has 0 fully saturated rings. The van der Waals surface area contributed by atoms with Crippen LogP contribution in [0.15, 0.2) is 36.7 Å². The van der Waals surface area contributed by atoms with E-state index < -0.39 is 11.9 Å². The number of carbonyl (C=O) groups is 1. The van der Waals surface area contributed by atoms with E-state index in [4.69, 9.17) is 4.74 Å². The first kappa shape index (κ1) is 19.6. The van der Waals surface area contributed by atoms with E-state index in [1.165, 1.54) is 28.9 Å². The highest BCUT2D eigenvalue weighted by Gasteiger charge is 2.20. The number of amides is 1. The molecule has 8 nitrogen and oxygen atoms in total. The predicted molar refractivity (Wildman–Crippen MR) is 102 cm³/mol. The largest absolute Gasteiger partial charge is 0.491 e. The van der Waals surface area contributed by atoms with Gasteiger partial charge in [0.2, 0.25) is 0 Å². The zero-order valence-electron chi connectivity index (χ0n) is 15.6. The standard InChI is InChI=1S/C17H16FN5O3.C2H6/c18-11-1-2-14-10(5-11)6-19-15-3-4-23-16(22-15)13(7-20-23)17(25)21-12(8-24)9-26-14;1-2/h1-5,7,12,24H,6,8-9H2,(H,19,22)(H,21,25);1-2H3/t12-;/m1./s1. The van der Waals surface area contributed by atoms with E-state index in [0.717, 1.165) is 0 Å². The monoisotopic (exact) mass is 387 g/mol. The van der Waals surface area contributed by atoms with Crippen LogP contribution in [0, 0.1) is 5.82 Å². The van der Waals surface area contributed by atoms with E-state index in [1.54, 1.807) is 12.3 Å². The Kier molecular flexibility index (Phi) is 6.05. The van der Waals surface area contributed by atoms with Crippen molar-refractivity contribution in [3.63, 3.8) is 0 Å². The molecule has 1 aromatic carbocycles. The van der Waals surface area contributed by atoms with Gasteiger partial charge in [0, 0.05) is 18.3 Å². The van der Waals surface area contributed by atoms with Crippen molar-refractivity contribution in [2.45, 2.75) is 26.4 Å². The number of fused-ring (bicyclic) bond motifs is 2. The van der Waals surface area contributed by atoms with Gasteiger partial charge in [-0.05, 0) is 24.3 Å². The van der Waals surface area contributed by atoms with Crippen LogP contribution in [-0.2, 0) is 6.54 Å². The quantitative estimate of drug-likeness (QED) is 0.590. The molecule has 2 aromatic heterocycles. The maximum Gasteiger partial charge on any atom is 0.257 e. The van der Waals surface area contributed by atoms with Crippen LogP contribution in [0.5, 0.6) is 5.75 Å². The van der Waals surface area contributed by atoms with E-state index >= 15 is 0 Å². The van der Waals surface area contributed by atoms with E-state index in [1.807, 2.05) is 13.8 Å². The van der Waals surface area contributed by atoms with Crippen molar-refractivity contribution in [1.82, 2.24) is 19.9 Å². The fourth-order valence-electron chi connectivity index (χ4n) is 2.73. The molecule has 1 aliphatic rings. The number of nitrogens with one attached hydrogen (secondary N) is 2. The molecule has 4 rings (SSSR count). The minimum atomic E-state index is -0.632. The van der Waals surface area contributed by atoms with Crippen LogP contribution in [0.25, 0.3) is 5.65 Å². The molecular weight excluding hydrogens is 365 g/mol. The summed E-state index contributed by atoms with van der Waals surface area (Å²) in [6, 6.07) is 5.26. The van der Waals surface area contributed by atoms with Crippen molar-refractivity contribution in [2.75, 3.05) is 18.5 Å². The van der Waals surface area contributed by atoms with E-state index in [2.05, 4.69) is 20.7 Å². The lowest BCUT2D eigenvalue weighted by molar-refractivity contribution is 0.0890. The van der Waals surface area contributed by atoms with Gasteiger partial charge in [0.1, 0.15) is 29.6 Å². The first-order valence-electron chi connectivity index (χ1n) is 9.05. The molecule has 3 N–H and O–H groups in total. The maximum absolute atomic E-state index is 13.6. The zero-order chi connectivity index (χ0) is 20.1. The minimum absolute atomic E-state index is 0.0380. The molecule has 0 radical (unpaired) electrons. The molecule has 0 saturated heterocycles. The van der Waals surface area contributed by atoms with Gasteiger partial charge in [-0.3, -0.25) is 4.79 Å². The van der Waals surface area contributed by atoms with Crippen LogP contribution in [0.4, 0.5) is 10.2 Å². The highest BCUT2D eigenvalue weighted by atomic mass is 19.1. The molecule has 2 bridgehead atoms. The normalized spacial score (nSPS) is 16.3. The van der Waals surface area contributed by atoms with Crippen molar-refractivity contribution in [3.8, 4) is 5.75 Å². The lowest BCUT2D eigenvalue weighted by Crippen LogP contribution is -2.41. The van der Waals surface area contributed by atoms with Crippen LogP contribution in [0.1, 0.15) is 29.8 Å². The van der Waals surface area contributed by atoms with Crippen molar-refractivity contribution in [2.24, 2.45) is 0 Å². The minimum Gasteiger partial charge on any atom is -0.491 e. The molecule has 0 saturated carbocycles. The van der Waals surface area contributed by atoms with E-state index in [-0.39, 0.29) is 31.1 Å². The highest BCUT2D eigenvalue weighted by molar-refractivity contribution is 5.99. The Morgan fingerprint density at radius 1 is 1.36 bits per heavy atom. The Hall–Kier alpha value is -3.20. The second-order valence-electron chi connectivity index (χ2n) is 5.91. The third-order valence-corrected chi connectivity index (χ3v) is 4.09. The Morgan fingerprint density at radius 3 is 2.96 bits per heavy atom. The van der Waals surface area contributed by atoms with Gasteiger partial charge in [-0.1, -0.05) is 13.8 Å². The predicted octanol–water partition coefficient (Wildman–Crippen LogP) is 1.99. The first-order chi connectivity index (χ1) is 13.6. The van der Waals surface area contributed by atoms with Crippen molar-refractivity contribution in [1.29, 1.82) is 0 Å². The molecule has 148 valence electrons. The van der Waals surface area contributed by atoms with Crippen LogP contribution < -0.4 is 15.4 Å². The van der Waals surface area contributed by atoms with Gasteiger partial charge in [0.05, 0.1) is 18.8 Å². The Balaban J connectivity index is 0.00000109. The summed E-state index contributed by atoms with van der Waals surface area (Å²) in [5.41, 5.74) is 1.27. The number of hydrogen-bond donors (Lipinski definition) is 3. The molecule has 3 aromatic rings. The Labute approximate surface area is 161 Å². The third-order valence-electron chi connectivity index (χ3n) is 4.09. The average Bonchev–Trinajstić information content (AvgIpc) is 3.14. The van der Waals surface area contributed by atoms with Gasteiger partial charge in [-0.15, -0.1) is 0 Å². The van der Waals surface area contributed by atoms with Crippen LogP contribution in [0.2, 0.25) is 0 Å².